The van der Waals surface area contributed by atoms with Crippen LogP contribution < -0.4 is 10.1 Å². The van der Waals surface area contributed by atoms with Gasteiger partial charge in [-0.15, -0.1) is 0 Å². The third kappa shape index (κ3) is 4.42. The molecule has 0 radical (unpaired) electrons. The average Bonchev–Trinajstić information content (AvgIpc) is 3.04. The summed E-state index contributed by atoms with van der Waals surface area (Å²) in [5.74, 6) is 1.37. The Labute approximate surface area is 149 Å². The summed E-state index contributed by atoms with van der Waals surface area (Å²) in [4.78, 5) is 15.0. The van der Waals surface area contributed by atoms with E-state index in [4.69, 9.17) is 9.15 Å². The molecule has 1 unspecified atom stereocenters. The largest absolute Gasteiger partial charge is 0.496 e. The van der Waals surface area contributed by atoms with Gasteiger partial charge < -0.3 is 14.5 Å². The van der Waals surface area contributed by atoms with Crippen molar-refractivity contribution >= 4 is 5.91 Å². The molecule has 1 aliphatic heterocycles. The minimum atomic E-state index is -0.121. The number of furan rings is 1. The molecule has 0 spiro atoms. The van der Waals surface area contributed by atoms with Crippen LogP contribution in [0.25, 0.3) is 0 Å². The van der Waals surface area contributed by atoms with Crippen LogP contribution in [0.15, 0.2) is 47.1 Å². The number of hydrogen-bond acceptors (Lipinski definition) is 4. The summed E-state index contributed by atoms with van der Waals surface area (Å²) >= 11 is 0. The number of likely N-dealkylation sites (tertiary alicyclic amines) is 1. The molecular weight excluding hydrogens is 316 g/mol. The van der Waals surface area contributed by atoms with Crippen LogP contribution in [0.2, 0.25) is 0 Å². The number of hydrogen-bond donors (Lipinski definition) is 1. The molecule has 3 rings (SSSR count). The van der Waals surface area contributed by atoms with Gasteiger partial charge in [0.15, 0.2) is 0 Å². The SMILES string of the molecule is COc1ccccc1C(=O)NCC(c1ccco1)N1CCCCCC1. The monoisotopic (exact) mass is 342 g/mol. The standard InChI is InChI=1S/C20H26N2O3/c1-24-18-10-5-4-9-16(18)20(23)21-15-17(19-11-8-14-25-19)22-12-6-2-3-7-13-22/h4-5,8-11,14,17H,2-3,6-7,12-13,15H2,1H3,(H,21,23). The molecule has 134 valence electrons. The van der Waals surface area contributed by atoms with Crippen LogP contribution in [0.3, 0.4) is 0 Å². The topological polar surface area (TPSA) is 54.7 Å². The number of rotatable bonds is 6. The van der Waals surface area contributed by atoms with Gasteiger partial charge >= 0.3 is 0 Å². The van der Waals surface area contributed by atoms with Crippen LogP contribution in [0.5, 0.6) is 5.75 Å². The summed E-state index contributed by atoms with van der Waals surface area (Å²) in [5, 5.41) is 3.06. The van der Waals surface area contributed by atoms with Gasteiger partial charge in [-0.3, -0.25) is 9.69 Å². The van der Waals surface area contributed by atoms with E-state index in [1.54, 1.807) is 25.5 Å². The Balaban J connectivity index is 1.71. The lowest BCUT2D eigenvalue weighted by Gasteiger charge is -2.29. The number of nitrogens with one attached hydrogen (secondary N) is 1. The van der Waals surface area contributed by atoms with Crippen molar-refractivity contribution in [3.8, 4) is 5.75 Å². The van der Waals surface area contributed by atoms with Crippen molar-refractivity contribution in [2.75, 3.05) is 26.7 Å². The second-order valence-electron chi connectivity index (χ2n) is 6.39. The Hall–Kier alpha value is -2.27. The number of para-hydroxylation sites is 1. The van der Waals surface area contributed by atoms with Crippen molar-refractivity contribution in [2.45, 2.75) is 31.7 Å². The zero-order valence-corrected chi connectivity index (χ0v) is 14.7. The maximum absolute atomic E-state index is 12.6. The van der Waals surface area contributed by atoms with E-state index in [0.717, 1.165) is 18.8 Å². The molecule has 1 saturated heterocycles. The van der Waals surface area contributed by atoms with E-state index in [0.29, 0.717) is 17.9 Å². The zero-order chi connectivity index (χ0) is 17.5. The van der Waals surface area contributed by atoms with Gasteiger partial charge in [0.25, 0.3) is 5.91 Å². The van der Waals surface area contributed by atoms with Crippen LogP contribution in [0.4, 0.5) is 0 Å². The first-order valence-electron chi connectivity index (χ1n) is 8.98. The Kier molecular flexibility index (Phi) is 6.12. The predicted molar refractivity (Wildman–Crippen MR) is 96.8 cm³/mol. The number of amides is 1. The van der Waals surface area contributed by atoms with Crippen LogP contribution >= 0.6 is 0 Å². The number of benzene rings is 1. The molecule has 0 saturated carbocycles. The fourth-order valence-electron chi connectivity index (χ4n) is 3.41. The summed E-state index contributed by atoms with van der Waals surface area (Å²) in [5.41, 5.74) is 0.555. The van der Waals surface area contributed by atoms with Crippen molar-refractivity contribution < 1.29 is 13.9 Å². The van der Waals surface area contributed by atoms with Crippen LogP contribution in [-0.2, 0) is 0 Å². The van der Waals surface area contributed by atoms with E-state index in [2.05, 4.69) is 10.2 Å². The first kappa shape index (κ1) is 17.5. The van der Waals surface area contributed by atoms with Crippen LogP contribution in [0.1, 0.15) is 47.8 Å². The van der Waals surface area contributed by atoms with Gasteiger partial charge in [0.1, 0.15) is 11.5 Å². The zero-order valence-electron chi connectivity index (χ0n) is 14.7. The van der Waals surface area contributed by atoms with E-state index >= 15 is 0 Å². The molecule has 2 aromatic rings. The van der Waals surface area contributed by atoms with E-state index < -0.39 is 0 Å². The maximum atomic E-state index is 12.6. The van der Waals surface area contributed by atoms with Crippen LogP contribution in [0, 0.1) is 0 Å². The van der Waals surface area contributed by atoms with Gasteiger partial charge in [-0.1, -0.05) is 25.0 Å². The quantitative estimate of drug-likeness (QED) is 0.871. The molecule has 5 nitrogen and oxygen atoms in total. The minimum Gasteiger partial charge on any atom is -0.496 e. The van der Waals surface area contributed by atoms with Gasteiger partial charge in [0.2, 0.25) is 0 Å². The Morgan fingerprint density at radius 1 is 1.16 bits per heavy atom. The summed E-state index contributed by atoms with van der Waals surface area (Å²) in [6.45, 7) is 2.59. The van der Waals surface area contributed by atoms with E-state index in [1.807, 2.05) is 24.3 Å². The molecule has 0 bridgehead atoms. The van der Waals surface area contributed by atoms with Gasteiger partial charge in [-0.2, -0.15) is 0 Å². The third-order valence-electron chi connectivity index (χ3n) is 4.76. The molecule has 1 aliphatic rings. The predicted octanol–water partition coefficient (Wildman–Crippen LogP) is 3.64. The molecule has 1 N–H and O–H groups in total. The lowest BCUT2D eigenvalue weighted by molar-refractivity contribution is 0.0924. The molecule has 1 fully saturated rings. The molecule has 5 heteroatoms. The van der Waals surface area contributed by atoms with Gasteiger partial charge in [0, 0.05) is 6.54 Å². The summed E-state index contributed by atoms with van der Waals surface area (Å²) < 4.78 is 10.9. The number of carbonyl (C=O) groups excluding carboxylic acids is 1. The highest BCUT2D eigenvalue weighted by Gasteiger charge is 2.24. The van der Waals surface area contributed by atoms with Crippen molar-refractivity contribution in [1.29, 1.82) is 0 Å². The Morgan fingerprint density at radius 3 is 2.60 bits per heavy atom. The highest BCUT2D eigenvalue weighted by molar-refractivity contribution is 5.96. The average molecular weight is 342 g/mol. The first-order valence-corrected chi connectivity index (χ1v) is 8.98. The van der Waals surface area contributed by atoms with Crippen molar-refractivity contribution in [3.63, 3.8) is 0 Å². The van der Waals surface area contributed by atoms with Crippen molar-refractivity contribution in [2.24, 2.45) is 0 Å². The highest BCUT2D eigenvalue weighted by Crippen LogP contribution is 2.25. The molecule has 2 heterocycles. The molecule has 1 atom stereocenters. The Morgan fingerprint density at radius 2 is 1.92 bits per heavy atom. The minimum absolute atomic E-state index is 0.0618. The number of ether oxygens (including phenoxy) is 1. The van der Waals surface area contributed by atoms with Gasteiger partial charge in [-0.25, -0.2) is 0 Å². The number of nitrogens with zero attached hydrogens (tertiary/aromatic N) is 1. The van der Waals surface area contributed by atoms with E-state index in [1.165, 1.54) is 25.7 Å². The number of methoxy groups -OCH3 is 1. The summed E-state index contributed by atoms with van der Waals surface area (Å²) in [6, 6.07) is 11.2. The van der Waals surface area contributed by atoms with E-state index in [-0.39, 0.29) is 11.9 Å². The lowest BCUT2D eigenvalue weighted by atomic mass is 10.1. The van der Waals surface area contributed by atoms with Gasteiger partial charge in [-0.05, 0) is 50.2 Å². The molecule has 1 aromatic carbocycles. The second kappa shape index (κ2) is 8.72. The molecule has 1 amide bonds. The highest BCUT2D eigenvalue weighted by atomic mass is 16.5. The maximum Gasteiger partial charge on any atom is 0.255 e. The molecule has 1 aromatic heterocycles. The van der Waals surface area contributed by atoms with Gasteiger partial charge in [0.05, 0.1) is 25.0 Å². The summed E-state index contributed by atoms with van der Waals surface area (Å²) in [6.07, 6.45) is 6.63. The molecule has 25 heavy (non-hydrogen) atoms. The normalized spacial score (nSPS) is 16.8. The fraction of sp³-hybridized carbons (Fsp3) is 0.450. The fourth-order valence-corrected chi connectivity index (χ4v) is 3.41. The van der Waals surface area contributed by atoms with Crippen LogP contribution in [-0.4, -0.2) is 37.6 Å². The van der Waals surface area contributed by atoms with Crippen molar-refractivity contribution in [1.82, 2.24) is 10.2 Å². The lowest BCUT2D eigenvalue weighted by Crippen LogP contribution is -2.38. The second-order valence-corrected chi connectivity index (χ2v) is 6.39. The summed E-state index contributed by atoms with van der Waals surface area (Å²) in [7, 11) is 1.58. The third-order valence-corrected chi connectivity index (χ3v) is 4.76. The first-order chi connectivity index (χ1) is 12.3. The molecule has 0 aliphatic carbocycles. The molecular formula is C20H26N2O3. The van der Waals surface area contributed by atoms with E-state index in [9.17, 15) is 4.79 Å². The Bertz CT molecular complexity index is 661. The number of carbonyl (C=O) groups is 1. The smallest absolute Gasteiger partial charge is 0.255 e. The van der Waals surface area contributed by atoms with Crippen molar-refractivity contribution in [3.05, 3.63) is 54.0 Å².